The molecule has 1 N–H and O–H groups in total. The van der Waals surface area contributed by atoms with Crippen LogP contribution >= 0.6 is 22.6 Å². The number of alkyl halides is 2. The van der Waals surface area contributed by atoms with Crippen molar-refractivity contribution in [3.8, 4) is 11.5 Å². The monoisotopic (exact) mass is 433 g/mol. The lowest BCUT2D eigenvalue weighted by molar-refractivity contribution is -0.0512. The van der Waals surface area contributed by atoms with E-state index in [-0.39, 0.29) is 23.0 Å². The average molecular weight is 433 g/mol. The molecule has 0 aliphatic rings. The SMILES string of the molecule is COc1cc(C(=O)Nc2ccc(C)c(I)c2)ccc1OC(F)F. The van der Waals surface area contributed by atoms with Crippen LogP contribution in [0.15, 0.2) is 36.4 Å². The molecule has 0 aliphatic heterocycles. The Bertz CT molecular complexity index is 722. The maximum absolute atomic E-state index is 12.3. The molecule has 0 fully saturated rings. The number of nitrogens with one attached hydrogen (secondary N) is 1. The molecule has 0 bridgehead atoms. The van der Waals surface area contributed by atoms with Gasteiger partial charge in [0.15, 0.2) is 11.5 Å². The number of hydrogen-bond donors (Lipinski definition) is 1. The Hall–Kier alpha value is -1.90. The van der Waals surface area contributed by atoms with Crippen molar-refractivity contribution >= 4 is 34.2 Å². The van der Waals surface area contributed by atoms with Gasteiger partial charge in [-0.15, -0.1) is 0 Å². The summed E-state index contributed by atoms with van der Waals surface area (Å²) < 4.78 is 34.9. The van der Waals surface area contributed by atoms with E-state index >= 15 is 0 Å². The summed E-state index contributed by atoms with van der Waals surface area (Å²) in [6.07, 6.45) is 0. The largest absolute Gasteiger partial charge is 0.493 e. The van der Waals surface area contributed by atoms with Gasteiger partial charge in [0, 0.05) is 14.8 Å². The Morgan fingerprint density at radius 2 is 1.91 bits per heavy atom. The average Bonchev–Trinajstić information content (AvgIpc) is 2.50. The number of carbonyl (C=O) groups excluding carboxylic acids is 1. The van der Waals surface area contributed by atoms with Gasteiger partial charge in [0.1, 0.15) is 0 Å². The van der Waals surface area contributed by atoms with Crippen LogP contribution in [0.25, 0.3) is 0 Å². The van der Waals surface area contributed by atoms with Gasteiger partial charge in [-0.3, -0.25) is 4.79 Å². The predicted octanol–water partition coefficient (Wildman–Crippen LogP) is 4.46. The second-order valence-corrected chi connectivity index (χ2v) is 5.82. The topological polar surface area (TPSA) is 47.6 Å². The van der Waals surface area contributed by atoms with Crippen LogP contribution in [-0.2, 0) is 0 Å². The summed E-state index contributed by atoms with van der Waals surface area (Å²) in [7, 11) is 1.32. The molecule has 0 saturated heterocycles. The minimum absolute atomic E-state index is 0.0661. The van der Waals surface area contributed by atoms with E-state index in [1.54, 1.807) is 6.07 Å². The summed E-state index contributed by atoms with van der Waals surface area (Å²) in [6, 6.07) is 9.57. The first kappa shape index (κ1) is 17.5. The first-order valence-corrected chi connectivity index (χ1v) is 7.69. The quantitative estimate of drug-likeness (QED) is 0.709. The second-order valence-electron chi connectivity index (χ2n) is 4.66. The number of amides is 1. The van der Waals surface area contributed by atoms with E-state index < -0.39 is 6.61 Å². The number of hydrogen-bond acceptors (Lipinski definition) is 3. The zero-order valence-electron chi connectivity index (χ0n) is 12.4. The second kappa shape index (κ2) is 7.58. The summed E-state index contributed by atoms with van der Waals surface area (Å²) >= 11 is 2.18. The van der Waals surface area contributed by atoms with E-state index in [4.69, 9.17) is 4.74 Å². The molecule has 23 heavy (non-hydrogen) atoms. The molecule has 0 unspecified atom stereocenters. The highest BCUT2D eigenvalue weighted by molar-refractivity contribution is 14.1. The number of methoxy groups -OCH3 is 1. The highest BCUT2D eigenvalue weighted by Gasteiger charge is 2.14. The van der Waals surface area contributed by atoms with Crippen LogP contribution in [0.1, 0.15) is 15.9 Å². The van der Waals surface area contributed by atoms with Gasteiger partial charge in [-0.05, 0) is 65.4 Å². The normalized spacial score (nSPS) is 10.5. The molecule has 0 spiro atoms. The lowest BCUT2D eigenvalue weighted by Gasteiger charge is -2.12. The summed E-state index contributed by atoms with van der Waals surface area (Å²) in [4.78, 5) is 12.3. The molecule has 2 rings (SSSR count). The van der Waals surface area contributed by atoms with Crippen molar-refractivity contribution in [2.45, 2.75) is 13.5 Å². The van der Waals surface area contributed by atoms with Crippen LogP contribution in [0.2, 0.25) is 0 Å². The number of aryl methyl sites for hydroxylation is 1. The van der Waals surface area contributed by atoms with Crippen molar-refractivity contribution in [3.63, 3.8) is 0 Å². The Morgan fingerprint density at radius 3 is 2.52 bits per heavy atom. The van der Waals surface area contributed by atoms with Crippen molar-refractivity contribution in [2.24, 2.45) is 0 Å². The smallest absolute Gasteiger partial charge is 0.387 e. The standard InChI is InChI=1S/C16H14F2INO3/c1-9-3-5-11(8-12(9)19)20-15(21)10-4-6-13(23-16(17)18)14(7-10)22-2/h3-8,16H,1-2H3,(H,20,21). The molecule has 1 amide bonds. The summed E-state index contributed by atoms with van der Waals surface area (Å²) in [5, 5.41) is 2.75. The number of halogens is 3. The van der Waals surface area contributed by atoms with Crippen molar-refractivity contribution in [1.82, 2.24) is 0 Å². The minimum Gasteiger partial charge on any atom is -0.493 e. The predicted molar refractivity (Wildman–Crippen MR) is 91.5 cm³/mol. The number of ether oxygens (including phenoxy) is 2. The van der Waals surface area contributed by atoms with E-state index in [9.17, 15) is 13.6 Å². The zero-order valence-corrected chi connectivity index (χ0v) is 14.6. The molecule has 4 nitrogen and oxygen atoms in total. The minimum atomic E-state index is -2.96. The van der Waals surface area contributed by atoms with Crippen LogP contribution < -0.4 is 14.8 Å². The van der Waals surface area contributed by atoms with Gasteiger partial charge in [-0.2, -0.15) is 8.78 Å². The van der Waals surface area contributed by atoms with E-state index in [2.05, 4.69) is 32.6 Å². The van der Waals surface area contributed by atoms with Gasteiger partial charge in [0.25, 0.3) is 5.91 Å². The third kappa shape index (κ3) is 4.54. The molecule has 0 atom stereocenters. The van der Waals surface area contributed by atoms with Crippen molar-refractivity contribution < 1.29 is 23.0 Å². The Balaban J connectivity index is 2.20. The fourth-order valence-electron chi connectivity index (χ4n) is 1.88. The fourth-order valence-corrected chi connectivity index (χ4v) is 2.39. The van der Waals surface area contributed by atoms with Gasteiger partial charge >= 0.3 is 6.61 Å². The highest BCUT2D eigenvalue weighted by atomic mass is 127. The van der Waals surface area contributed by atoms with Gasteiger partial charge in [-0.25, -0.2) is 0 Å². The molecular weight excluding hydrogens is 419 g/mol. The third-order valence-corrected chi connectivity index (χ3v) is 4.23. The number of anilines is 1. The maximum Gasteiger partial charge on any atom is 0.387 e. The van der Waals surface area contributed by atoms with Gasteiger partial charge in [0.05, 0.1) is 7.11 Å². The lowest BCUT2D eigenvalue weighted by atomic mass is 10.1. The molecule has 0 aromatic heterocycles. The molecule has 122 valence electrons. The first-order chi connectivity index (χ1) is 10.9. The van der Waals surface area contributed by atoms with Crippen LogP contribution in [0, 0.1) is 10.5 Å². The molecular formula is C16H14F2INO3. The summed E-state index contributed by atoms with van der Waals surface area (Å²) in [6.45, 7) is -0.988. The molecule has 2 aromatic carbocycles. The van der Waals surface area contributed by atoms with E-state index in [0.717, 1.165) is 9.13 Å². The van der Waals surface area contributed by atoms with Crippen LogP contribution in [-0.4, -0.2) is 19.6 Å². The molecule has 0 aliphatic carbocycles. The van der Waals surface area contributed by atoms with Crippen molar-refractivity contribution in [3.05, 3.63) is 51.1 Å². The molecule has 7 heteroatoms. The zero-order chi connectivity index (χ0) is 17.0. The number of benzene rings is 2. The highest BCUT2D eigenvalue weighted by Crippen LogP contribution is 2.29. The van der Waals surface area contributed by atoms with Gasteiger partial charge in [0.2, 0.25) is 0 Å². The first-order valence-electron chi connectivity index (χ1n) is 6.61. The van der Waals surface area contributed by atoms with Gasteiger partial charge < -0.3 is 14.8 Å². The number of carbonyl (C=O) groups is 1. The van der Waals surface area contributed by atoms with Crippen LogP contribution in [0.4, 0.5) is 14.5 Å². The lowest BCUT2D eigenvalue weighted by Crippen LogP contribution is -2.12. The summed E-state index contributed by atoms with van der Waals surface area (Å²) in [5.41, 5.74) is 2.04. The van der Waals surface area contributed by atoms with Crippen molar-refractivity contribution in [1.29, 1.82) is 0 Å². The molecule has 0 saturated carbocycles. The third-order valence-electron chi connectivity index (χ3n) is 3.07. The van der Waals surface area contributed by atoms with E-state index in [1.807, 2.05) is 19.1 Å². The number of rotatable bonds is 5. The van der Waals surface area contributed by atoms with E-state index in [0.29, 0.717) is 5.69 Å². The maximum atomic E-state index is 12.3. The van der Waals surface area contributed by atoms with Crippen molar-refractivity contribution in [2.75, 3.05) is 12.4 Å². The molecule has 0 radical (unpaired) electrons. The Labute approximate surface area is 145 Å². The van der Waals surface area contributed by atoms with Crippen LogP contribution in [0.3, 0.4) is 0 Å². The molecule has 2 aromatic rings. The molecule has 0 heterocycles. The fraction of sp³-hybridized carbons (Fsp3) is 0.188. The van der Waals surface area contributed by atoms with Crippen LogP contribution in [0.5, 0.6) is 11.5 Å². The van der Waals surface area contributed by atoms with Gasteiger partial charge in [-0.1, -0.05) is 6.07 Å². The van der Waals surface area contributed by atoms with E-state index in [1.165, 1.54) is 25.3 Å². The Morgan fingerprint density at radius 1 is 1.17 bits per heavy atom. The Kier molecular flexibility index (Phi) is 5.75. The summed E-state index contributed by atoms with van der Waals surface area (Å²) in [5.74, 6) is -0.424.